The SMILES string of the molecule is NC(=O)Nc1ccc(OC(F)F)c(C(F)(F)F)c1. The number of rotatable bonds is 3. The Balaban J connectivity index is 3.16. The minimum Gasteiger partial charge on any atom is -0.434 e. The molecule has 0 unspecified atom stereocenters. The van der Waals surface area contributed by atoms with E-state index in [1.807, 2.05) is 5.32 Å². The van der Waals surface area contributed by atoms with Crippen molar-refractivity contribution in [2.75, 3.05) is 5.32 Å². The predicted octanol–water partition coefficient (Wildman–Crippen LogP) is 2.80. The molecule has 9 heteroatoms. The molecule has 2 amide bonds. The molecule has 0 fully saturated rings. The zero-order valence-corrected chi connectivity index (χ0v) is 8.59. The second kappa shape index (κ2) is 5.07. The van der Waals surface area contributed by atoms with Crippen LogP contribution in [0.15, 0.2) is 18.2 Å². The van der Waals surface area contributed by atoms with Gasteiger partial charge in [0.25, 0.3) is 0 Å². The molecule has 0 aliphatic heterocycles. The first-order valence-corrected chi connectivity index (χ1v) is 4.42. The van der Waals surface area contributed by atoms with Gasteiger partial charge in [-0.1, -0.05) is 0 Å². The van der Waals surface area contributed by atoms with Crippen molar-refractivity contribution in [3.05, 3.63) is 23.8 Å². The normalized spacial score (nSPS) is 11.4. The maximum Gasteiger partial charge on any atom is 0.420 e. The van der Waals surface area contributed by atoms with Gasteiger partial charge in [0.05, 0.1) is 5.56 Å². The third-order valence-electron chi connectivity index (χ3n) is 1.77. The van der Waals surface area contributed by atoms with E-state index < -0.39 is 30.1 Å². The third-order valence-corrected chi connectivity index (χ3v) is 1.77. The molecule has 0 bridgehead atoms. The lowest BCUT2D eigenvalue weighted by Crippen LogP contribution is -2.20. The number of primary amides is 1. The molecule has 0 aliphatic carbocycles. The number of halogens is 5. The Morgan fingerprint density at radius 3 is 2.39 bits per heavy atom. The Kier molecular flexibility index (Phi) is 3.94. The van der Waals surface area contributed by atoms with Crippen molar-refractivity contribution in [3.63, 3.8) is 0 Å². The number of benzene rings is 1. The fourth-order valence-electron chi connectivity index (χ4n) is 1.17. The number of nitrogens with two attached hydrogens (primary N) is 1. The third kappa shape index (κ3) is 3.75. The largest absolute Gasteiger partial charge is 0.434 e. The summed E-state index contributed by atoms with van der Waals surface area (Å²) >= 11 is 0. The maximum absolute atomic E-state index is 12.5. The van der Waals surface area contributed by atoms with Crippen LogP contribution in [0.3, 0.4) is 0 Å². The summed E-state index contributed by atoms with van der Waals surface area (Å²) in [5.74, 6) is -1.03. The number of hydrogen-bond acceptors (Lipinski definition) is 2. The molecule has 1 rings (SSSR count). The first-order chi connectivity index (χ1) is 8.20. The summed E-state index contributed by atoms with van der Waals surface area (Å²) in [7, 11) is 0. The van der Waals surface area contributed by atoms with Crippen LogP contribution in [0.5, 0.6) is 5.75 Å². The monoisotopic (exact) mass is 270 g/mol. The summed E-state index contributed by atoms with van der Waals surface area (Å²) in [6.07, 6.45) is -4.90. The van der Waals surface area contributed by atoms with Gasteiger partial charge in [0.1, 0.15) is 5.75 Å². The summed E-state index contributed by atoms with van der Waals surface area (Å²) in [5.41, 5.74) is 3.00. The van der Waals surface area contributed by atoms with Crippen molar-refractivity contribution in [1.29, 1.82) is 0 Å². The Morgan fingerprint density at radius 1 is 1.33 bits per heavy atom. The van der Waals surface area contributed by atoms with Crippen LogP contribution < -0.4 is 15.8 Å². The molecular formula is C9H7F5N2O2. The molecule has 0 saturated carbocycles. The smallest absolute Gasteiger partial charge is 0.420 e. The molecule has 0 aliphatic rings. The highest BCUT2D eigenvalue weighted by Gasteiger charge is 2.35. The number of nitrogens with one attached hydrogen (secondary N) is 1. The van der Waals surface area contributed by atoms with E-state index in [1.54, 1.807) is 0 Å². The summed E-state index contributed by atoms with van der Waals surface area (Å²) in [6, 6.07) is 0.992. The van der Waals surface area contributed by atoms with Gasteiger partial charge in [0.2, 0.25) is 0 Å². The van der Waals surface area contributed by atoms with E-state index in [1.165, 1.54) is 0 Å². The fraction of sp³-hybridized carbons (Fsp3) is 0.222. The highest BCUT2D eigenvalue weighted by atomic mass is 19.4. The molecule has 0 atom stereocenters. The lowest BCUT2D eigenvalue weighted by Gasteiger charge is -2.14. The number of urea groups is 1. The van der Waals surface area contributed by atoms with E-state index in [9.17, 15) is 26.7 Å². The first kappa shape index (κ1) is 14.0. The van der Waals surface area contributed by atoms with E-state index in [0.717, 1.165) is 6.07 Å². The first-order valence-electron chi connectivity index (χ1n) is 4.42. The van der Waals surface area contributed by atoms with E-state index in [0.29, 0.717) is 12.1 Å². The molecule has 0 radical (unpaired) electrons. The molecule has 1 aromatic carbocycles. The molecule has 18 heavy (non-hydrogen) atoms. The van der Waals surface area contributed by atoms with Gasteiger partial charge in [-0.05, 0) is 18.2 Å². The van der Waals surface area contributed by atoms with E-state index in [4.69, 9.17) is 5.73 Å². The Morgan fingerprint density at radius 2 is 1.94 bits per heavy atom. The van der Waals surface area contributed by atoms with E-state index in [2.05, 4.69) is 4.74 Å². The second-order valence-electron chi connectivity index (χ2n) is 3.08. The number of ether oxygens (including phenoxy) is 1. The van der Waals surface area contributed by atoms with Gasteiger partial charge in [0.15, 0.2) is 0 Å². The zero-order chi connectivity index (χ0) is 13.9. The molecule has 0 aromatic heterocycles. The van der Waals surface area contributed by atoms with Crippen LogP contribution in [-0.2, 0) is 6.18 Å². The van der Waals surface area contributed by atoms with Crippen molar-refractivity contribution in [3.8, 4) is 5.75 Å². The number of alkyl halides is 5. The van der Waals surface area contributed by atoms with Crippen LogP contribution >= 0.6 is 0 Å². The molecule has 0 saturated heterocycles. The molecule has 0 heterocycles. The molecular weight excluding hydrogens is 263 g/mol. The van der Waals surface area contributed by atoms with E-state index in [-0.39, 0.29) is 5.69 Å². The van der Waals surface area contributed by atoms with Crippen LogP contribution in [-0.4, -0.2) is 12.6 Å². The van der Waals surface area contributed by atoms with Crippen LogP contribution in [0.25, 0.3) is 0 Å². The molecule has 4 nitrogen and oxygen atoms in total. The Hall–Kier alpha value is -2.06. The van der Waals surface area contributed by atoms with Gasteiger partial charge in [-0.25, -0.2) is 4.79 Å². The number of carbonyl (C=O) groups is 1. The second-order valence-corrected chi connectivity index (χ2v) is 3.08. The lowest BCUT2D eigenvalue weighted by molar-refractivity contribution is -0.141. The summed E-state index contributed by atoms with van der Waals surface area (Å²) in [5, 5.41) is 1.89. The van der Waals surface area contributed by atoms with Crippen molar-refractivity contribution in [2.45, 2.75) is 12.8 Å². The number of hydrogen-bond donors (Lipinski definition) is 2. The Bertz CT molecular complexity index is 447. The Labute approximate surface area is 97.5 Å². The summed E-state index contributed by atoms with van der Waals surface area (Å²) < 4.78 is 65.2. The van der Waals surface area contributed by atoms with Gasteiger partial charge in [-0.15, -0.1) is 0 Å². The average molecular weight is 270 g/mol. The van der Waals surface area contributed by atoms with Crippen LogP contribution in [0, 0.1) is 0 Å². The number of carbonyl (C=O) groups excluding carboxylic acids is 1. The summed E-state index contributed by atoms with van der Waals surface area (Å²) in [4.78, 5) is 10.5. The standard InChI is InChI=1S/C9H7F5N2O2/c10-7(11)18-6-2-1-4(16-8(15)17)3-5(6)9(12,13)14/h1-3,7H,(H3,15,16,17). The van der Waals surface area contributed by atoms with Crippen molar-refractivity contribution >= 4 is 11.7 Å². The molecule has 0 spiro atoms. The van der Waals surface area contributed by atoms with Gasteiger partial charge >= 0.3 is 18.8 Å². The number of amides is 2. The molecule has 100 valence electrons. The lowest BCUT2D eigenvalue weighted by atomic mass is 10.1. The highest BCUT2D eigenvalue weighted by Crippen LogP contribution is 2.38. The van der Waals surface area contributed by atoms with Gasteiger partial charge in [-0.3, -0.25) is 0 Å². The van der Waals surface area contributed by atoms with Crippen molar-refractivity contribution in [2.24, 2.45) is 5.73 Å². The topological polar surface area (TPSA) is 64.4 Å². The summed E-state index contributed by atoms with van der Waals surface area (Å²) in [6.45, 7) is -3.39. The van der Waals surface area contributed by atoms with Crippen LogP contribution in [0.1, 0.15) is 5.56 Å². The zero-order valence-electron chi connectivity index (χ0n) is 8.59. The van der Waals surface area contributed by atoms with Crippen LogP contribution in [0.4, 0.5) is 32.4 Å². The van der Waals surface area contributed by atoms with Crippen molar-refractivity contribution < 1.29 is 31.5 Å². The van der Waals surface area contributed by atoms with Crippen LogP contribution in [0.2, 0.25) is 0 Å². The maximum atomic E-state index is 12.5. The van der Waals surface area contributed by atoms with Crippen molar-refractivity contribution in [1.82, 2.24) is 0 Å². The highest BCUT2D eigenvalue weighted by molar-refractivity contribution is 5.88. The fourth-order valence-corrected chi connectivity index (χ4v) is 1.17. The van der Waals surface area contributed by atoms with Gasteiger partial charge in [-0.2, -0.15) is 22.0 Å². The average Bonchev–Trinajstić information content (AvgIpc) is 2.17. The molecule has 3 N–H and O–H groups in total. The minimum atomic E-state index is -4.90. The predicted molar refractivity (Wildman–Crippen MR) is 51.3 cm³/mol. The van der Waals surface area contributed by atoms with Gasteiger partial charge in [0, 0.05) is 5.69 Å². The molecule has 1 aromatic rings. The number of anilines is 1. The van der Waals surface area contributed by atoms with E-state index >= 15 is 0 Å². The minimum absolute atomic E-state index is 0.281. The van der Waals surface area contributed by atoms with Gasteiger partial charge < -0.3 is 15.8 Å². The quantitative estimate of drug-likeness (QED) is 0.829.